The molecule has 2 aromatic rings. The molecule has 0 atom stereocenters. The van der Waals surface area contributed by atoms with Crippen LogP contribution in [0.5, 0.6) is 5.75 Å². The van der Waals surface area contributed by atoms with Gasteiger partial charge in [-0.3, -0.25) is 4.98 Å². The van der Waals surface area contributed by atoms with Gasteiger partial charge in [0, 0.05) is 24.5 Å². The number of rotatable bonds is 4. The maximum Gasteiger partial charge on any atom is 0.119 e. The number of benzene rings is 1. The smallest absolute Gasteiger partial charge is 0.119 e. The number of ether oxygens (including phenoxy) is 1. The van der Waals surface area contributed by atoms with Gasteiger partial charge in [-0.05, 0) is 42.3 Å². The van der Waals surface area contributed by atoms with E-state index in [1.165, 1.54) is 11.1 Å². The van der Waals surface area contributed by atoms with Crippen molar-refractivity contribution in [2.75, 3.05) is 13.1 Å². The molecule has 0 aliphatic carbocycles. The molecule has 0 saturated heterocycles. The molecule has 0 radical (unpaired) electrons. The molecule has 2 heterocycles. The summed E-state index contributed by atoms with van der Waals surface area (Å²) in [5, 5.41) is 3.33. The molecule has 0 fully saturated rings. The second-order valence-corrected chi connectivity index (χ2v) is 4.86. The summed E-state index contributed by atoms with van der Waals surface area (Å²) in [4.78, 5) is 4.08. The van der Waals surface area contributed by atoms with Gasteiger partial charge in [-0.1, -0.05) is 24.3 Å². The van der Waals surface area contributed by atoms with Crippen LogP contribution >= 0.6 is 0 Å². The highest BCUT2D eigenvalue weighted by molar-refractivity contribution is 5.67. The normalized spacial score (nSPS) is 14.7. The van der Waals surface area contributed by atoms with Crippen molar-refractivity contribution < 1.29 is 4.74 Å². The van der Waals surface area contributed by atoms with E-state index in [1.807, 2.05) is 30.5 Å². The van der Waals surface area contributed by atoms with Crippen molar-refractivity contribution in [2.45, 2.75) is 13.0 Å². The van der Waals surface area contributed by atoms with E-state index in [9.17, 15) is 0 Å². The van der Waals surface area contributed by atoms with Gasteiger partial charge in [-0.25, -0.2) is 0 Å². The fourth-order valence-electron chi connectivity index (χ4n) is 2.30. The first-order chi connectivity index (χ1) is 9.92. The minimum atomic E-state index is 0.555. The SMILES string of the molecule is C1=C(c2ccc(OCc3cccnc3)cc2)CCNC1. The van der Waals surface area contributed by atoms with E-state index in [4.69, 9.17) is 4.74 Å². The lowest BCUT2D eigenvalue weighted by atomic mass is 10.0. The average molecular weight is 266 g/mol. The lowest BCUT2D eigenvalue weighted by molar-refractivity contribution is 0.305. The van der Waals surface area contributed by atoms with E-state index in [-0.39, 0.29) is 0 Å². The van der Waals surface area contributed by atoms with E-state index < -0.39 is 0 Å². The van der Waals surface area contributed by atoms with E-state index in [0.717, 1.165) is 30.8 Å². The molecule has 0 spiro atoms. The van der Waals surface area contributed by atoms with Crippen LogP contribution < -0.4 is 10.1 Å². The second kappa shape index (κ2) is 6.35. The van der Waals surface area contributed by atoms with E-state index in [0.29, 0.717) is 6.61 Å². The highest BCUT2D eigenvalue weighted by atomic mass is 16.5. The first-order valence-corrected chi connectivity index (χ1v) is 6.94. The van der Waals surface area contributed by atoms with Crippen LogP contribution in [0.4, 0.5) is 0 Å². The molecule has 20 heavy (non-hydrogen) atoms. The maximum absolute atomic E-state index is 5.76. The van der Waals surface area contributed by atoms with Gasteiger partial charge < -0.3 is 10.1 Å². The summed E-state index contributed by atoms with van der Waals surface area (Å²) in [6.45, 7) is 2.58. The first-order valence-electron chi connectivity index (χ1n) is 6.94. The van der Waals surface area contributed by atoms with E-state index >= 15 is 0 Å². The molecule has 1 N–H and O–H groups in total. The quantitative estimate of drug-likeness (QED) is 0.923. The molecule has 0 unspecified atom stereocenters. The Kier molecular flexibility index (Phi) is 4.09. The van der Waals surface area contributed by atoms with Crippen molar-refractivity contribution in [3.05, 3.63) is 66.0 Å². The zero-order valence-corrected chi connectivity index (χ0v) is 11.4. The van der Waals surface area contributed by atoms with Crippen molar-refractivity contribution in [2.24, 2.45) is 0 Å². The summed E-state index contributed by atoms with van der Waals surface area (Å²) in [6.07, 6.45) is 6.95. The first kappa shape index (κ1) is 12.9. The van der Waals surface area contributed by atoms with Crippen LogP contribution in [-0.4, -0.2) is 18.1 Å². The van der Waals surface area contributed by atoms with Gasteiger partial charge in [-0.2, -0.15) is 0 Å². The Hall–Kier alpha value is -2.13. The van der Waals surface area contributed by atoms with Gasteiger partial charge in [-0.15, -0.1) is 0 Å². The molecule has 1 aliphatic heterocycles. The largest absolute Gasteiger partial charge is 0.489 e. The molecular weight excluding hydrogens is 248 g/mol. The summed E-state index contributed by atoms with van der Waals surface area (Å²) < 4.78 is 5.76. The Labute approximate surface area is 119 Å². The van der Waals surface area contributed by atoms with Crippen LogP contribution in [0, 0.1) is 0 Å². The van der Waals surface area contributed by atoms with Crippen LogP contribution in [0.25, 0.3) is 5.57 Å². The molecular formula is C17H18N2O. The van der Waals surface area contributed by atoms with Crippen molar-refractivity contribution in [1.82, 2.24) is 10.3 Å². The monoisotopic (exact) mass is 266 g/mol. The predicted molar refractivity (Wildman–Crippen MR) is 80.5 cm³/mol. The molecule has 1 aliphatic rings. The Bertz CT molecular complexity index is 576. The molecule has 1 aromatic carbocycles. The van der Waals surface area contributed by atoms with E-state index in [2.05, 4.69) is 28.5 Å². The Balaban J connectivity index is 1.63. The van der Waals surface area contributed by atoms with Crippen LogP contribution in [0.1, 0.15) is 17.5 Å². The van der Waals surface area contributed by atoms with Gasteiger partial charge in [0.15, 0.2) is 0 Å². The van der Waals surface area contributed by atoms with Gasteiger partial charge in [0.05, 0.1) is 0 Å². The summed E-state index contributed by atoms with van der Waals surface area (Å²) in [5.41, 5.74) is 3.79. The fraction of sp³-hybridized carbons (Fsp3) is 0.235. The summed E-state index contributed by atoms with van der Waals surface area (Å²) in [7, 11) is 0. The molecule has 3 heteroatoms. The lowest BCUT2D eigenvalue weighted by Gasteiger charge is -2.14. The molecule has 0 saturated carbocycles. The van der Waals surface area contributed by atoms with Crippen LogP contribution in [0.2, 0.25) is 0 Å². The highest BCUT2D eigenvalue weighted by Crippen LogP contribution is 2.22. The number of nitrogens with zero attached hydrogens (tertiary/aromatic N) is 1. The topological polar surface area (TPSA) is 34.1 Å². The number of nitrogens with one attached hydrogen (secondary N) is 1. The van der Waals surface area contributed by atoms with Crippen LogP contribution in [0.3, 0.4) is 0 Å². The van der Waals surface area contributed by atoms with Gasteiger partial charge in [0.1, 0.15) is 12.4 Å². The van der Waals surface area contributed by atoms with Crippen LogP contribution in [0.15, 0.2) is 54.9 Å². The van der Waals surface area contributed by atoms with Gasteiger partial charge >= 0.3 is 0 Å². The molecule has 0 bridgehead atoms. The zero-order chi connectivity index (χ0) is 13.6. The Morgan fingerprint density at radius 1 is 1.15 bits per heavy atom. The van der Waals surface area contributed by atoms with Crippen molar-refractivity contribution in [3.8, 4) is 5.75 Å². The minimum absolute atomic E-state index is 0.555. The number of hydrogen-bond donors (Lipinski definition) is 1. The second-order valence-electron chi connectivity index (χ2n) is 4.86. The molecule has 0 amide bonds. The third kappa shape index (κ3) is 3.25. The van der Waals surface area contributed by atoms with Crippen molar-refractivity contribution in [3.63, 3.8) is 0 Å². The highest BCUT2D eigenvalue weighted by Gasteiger charge is 2.05. The third-order valence-corrected chi connectivity index (χ3v) is 3.42. The molecule has 3 nitrogen and oxygen atoms in total. The Morgan fingerprint density at radius 2 is 2.05 bits per heavy atom. The van der Waals surface area contributed by atoms with Gasteiger partial charge in [0.25, 0.3) is 0 Å². The molecule has 3 rings (SSSR count). The number of hydrogen-bond acceptors (Lipinski definition) is 3. The summed E-state index contributed by atoms with van der Waals surface area (Å²) in [6, 6.07) is 12.3. The lowest BCUT2D eigenvalue weighted by Crippen LogP contribution is -2.19. The van der Waals surface area contributed by atoms with Crippen molar-refractivity contribution in [1.29, 1.82) is 0 Å². The Morgan fingerprint density at radius 3 is 2.75 bits per heavy atom. The number of pyridine rings is 1. The summed E-state index contributed by atoms with van der Waals surface area (Å²) >= 11 is 0. The number of aromatic nitrogens is 1. The summed E-state index contributed by atoms with van der Waals surface area (Å²) in [5.74, 6) is 0.895. The van der Waals surface area contributed by atoms with Crippen molar-refractivity contribution >= 4 is 5.57 Å². The minimum Gasteiger partial charge on any atom is -0.489 e. The van der Waals surface area contributed by atoms with Gasteiger partial charge in [0.2, 0.25) is 0 Å². The standard InChI is InChI=1S/C17H18N2O/c1-2-14(12-19-9-1)13-20-17-5-3-15(4-6-17)16-7-10-18-11-8-16/h1-7,9,12,18H,8,10-11,13H2. The van der Waals surface area contributed by atoms with E-state index in [1.54, 1.807) is 6.20 Å². The molecule has 1 aromatic heterocycles. The van der Waals surface area contributed by atoms with Crippen LogP contribution in [-0.2, 0) is 6.61 Å². The average Bonchev–Trinajstić information content (AvgIpc) is 2.55. The maximum atomic E-state index is 5.76. The fourth-order valence-corrected chi connectivity index (χ4v) is 2.30. The molecule has 102 valence electrons. The third-order valence-electron chi connectivity index (χ3n) is 3.42. The predicted octanol–water partition coefficient (Wildman–Crippen LogP) is 3.04. The zero-order valence-electron chi connectivity index (χ0n) is 11.4.